The molecule has 17 heavy (non-hydrogen) atoms. The van der Waals surface area contributed by atoms with Gasteiger partial charge in [-0.05, 0) is 62.9 Å². The Labute approximate surface area is 103 Å². The average Bonchev–Trinajstić information content (AvgIpc) is 2.32. The minimum Gasteiger partial charge on any atom is -0.330 e. The highest BCUT2D eigenvalue weighted by molar-refractivity contribution is 5.85. The van der Waals surface area contributed by atoms with E-state index < -0.39 is 0 Å². The van der Waals surface area contributed by atoms with Crippen LogP contribution in [-0.2, 0) is 6.42 Å². The molecule has 1 aromatic heterocycles. The van der Waals surface area contributed by atoms with Crippen LogP contribution in [0.1, 0.15) is 28.8 Å². The second kappa shape index (κ2) is 4.84. The van der Waals surface area contributed by atoms with E-state index in [0.717, 1.165) is 30.6 Å². The zero-order valence-electron chi connectivity index (χ0n) is 10.9. The highest BCUT2D eigenvalue weighted by Gasteiger charge is 2.06. The fourth-order valence-corrected chi connectivity index (χ4v) is 2.18. The van der Waals surface area contributed by atoms with Crippen molar-refractivity contribution in [3.8, 4) is 0 Å². The summed E-state index contributed by atoms with van der Waals surface area (Å²) in [4.78, 5) is 4.78. The number of rotatable bonds is 3. The molecule has 0 aliphatic carbocycles. The van der Waals surface area contributed by atoms with Crippen LogP contribution >= 0.6 is 0 Å². The number of hydrogen-bond acceptors (Lipinski definition) is 2. The van der Waals surface area contributed by atoms with Crippen LogP contribution in [0.15, 0.2) is 18.2 Å². The zero-order chi connectivity index (χ0) is 12.4. The third kappa shape index (κ3) is 2.32. The summed E-state index contributed by atoms with van der Waals surface area (Å²) in [7, 11) is 0. The Bertz CT molecular complexity index is 544. The quantitative estimate of drug-likeness (QED) is 0.877. The van der Waals surface area contributed by atoms with Crippen LogP contribution < -0.4 is 5.73 Å². The average molecular weight is 228 g/mol. The lowest BCUT2D eigenvalue weighted by Gasteiger charge is -2.10. The summed E-state index contributed by atoms with van der Waals surface area (Å²) in [5.74, 6) is 0. The first kappa shape index (κ1) is 12.1. The van der Waals surface area contributed by atoms with E-state index in [1.807, 2.05) is 0 Å². The molecule has 0 saturated carbocycles. The van der Waals surface area contributed by atoms with Gasteiger partial charge in [-0.1, -0.05) is 12.1 Å². The smallest absolute Gasteiger partial charge is 0.0739 e. The topological polar surface area (TPSA) is 38.9 Å². The molecule has 0 amide bonds. The molecule has 1 heterocycles. The number of pyridine rings is 1. The van der Waals surface area contributed by atoms with Gasteiger partial charge in [0, 0.05) is 11.1 Å². The van der Waals surface area contributed by atoms with Crippen LogP contribution in [0.5, 0.6) is 0 Å². The molecule has 2 nitrogen and oxygen atoms in total. The number of nitrogens with two attached hydrogens (primary N) is 1. The van der Waals surface area contributed by atoms with E-state index in [2.05, 4.69) is 39.0 Å². The maximum Gasteiger partial charge on any atom is 0.0739 e. The Kier molecular flexibility index (Phi) is 3.43. The Balaban J connectivity index is 2.58. The lowest BCUT2D eigenvalue weighted by Crippen LogP contribution is -2.02. The van der Waals surface area contributed by atoms with E-state index in [1.54, 1.807) is 0 Å². The first-order valence-corrected chi connectivity index (χ1v) is 6.20. The van der Waals surface area contributed by atoms with Crippen LogP contribution in [0.25, 0.3) is 10.9 Å². The van der Waals surface area contributed by atoms with Gasteiger partial charge in [-0.15, -0.1) is 0 Å². The lowest BCUT2D eigenvalue weighted by atomic mass is 10.0. The second-order valence-electron chi connectivity index (χ2n) is 4.73. The minimum atomic E-state index is 0.728. The highest BCUT2D eigenvalue weighted by Crippen LogP contribution is 2.23. The molecular weight excluding hydrogens is 208 g/mol. The Morgan fingerprint density at radius 2 is 1.88 bits per heavy atom. The number of aromatic nitrogens is 1. The third-order valence-electron chi connectivity index (χ3n) is 3.40. The van der Waals surface area contributed by atoms with Gasteiger partial charge in [0.15, 0.2) is 0 Å². The molecule has 0 aliphatic heterocycles. The Morgan fingerprint density at radius 3 is 2.59 bits per heavy atom. The van der Waals surface area contributed by atoms with Crippen molar-refractivity contribution in [2.45, 2.75) is 33.6 Å². The minimum absolute atomic E-state index is 0.728. The summed E-state index contributed by atoms with van der Waals surface area (Å²) in [6, 6.07) is 6.53. The molecule has 0 unspecified atom stereocenters. The van der Waals surface area contributed by atoms with E-state index in [-0.39, 0.29) is 0 Å². The Morgan fingerprint density at radius 1 is 1.12 bits per heavy atom. The molecule has 2 rings (SSSR count). The number of nitrogens with zero attached hydrogens (tertiary/aromatic N) is 1. The van der Waals surface area contributed by atoms with Gasteiger partial charge in [-0.25, -0.2) is 0 Å². The monoisotopic (exact) mass is 228 g/mol. The van der Waals surface area contributed by atoms with Gasteiger partial charge in [0.2, 0.25) is 0 Å². The maximum absolute atomic E-state index is 5.55. The van der Waals surface area contributed by atoms with Gasteiger partial charge in [0.05, 0.1) is 5.52 Å². The molecular formula is C15H20N2. The number of hydrogen-bond donors (Lipinski definition) is 1. The van der Waals surface area contributed by atoms with Gasteiger partial charge in [-0.3, -0.25) is 4.98 Å². The van der Waals surface area contributed by atoms with Crippen molar-refractivity contribution in [2.75, 3.05) is 6.54 Å². The normalized spacial score (nSPS) is 11.1. The van der Waals surface area contributed by atoms with E-state index in [4.69, 9.17) is 10.7 Å². The summed E-state index contributed by atoms with van der Waals surface area (Å²) in [6.07, 6.45) is 1.98. The van der Waals surface area contributed by atoms with Crippen molar-refractivity contribution in [3.05, 3.63) is 40.6 Å². The van der Waals surface area contributed by atoms with Crippen LogP contribution in [-0.4, -0.2) is 11.5 Å². The van der Waals surface area contributed by atoms with Crippen LogP contribution in [0.4, 0.5) is 0 Å². The van der Waals surface area contributed by atoms with E-state index in [1.165, 1.54) is 22.1 Å². The lowest BCUT2D eigenvalue weighted by molar-refractivity contribution is 0.813. The second-order valence-corrected chi connectivity index (χ2v) is 4.73. The molecule has 0 saturated heterocycles. The van der Waals surface area contributed by atoms with Crippen molar-refractivity contribution in [3.63, 3.8) is 0 Å². The molecule has 90 valence electrons. The van der Waals surface area contributed by atoms with Gasteiger partial charge >= 0.3 is 0 Å². The van der Waals surface area contributed by atoms with Crippen molar-refractivity contribution >= 4 is 10.9 Å². The van der Waals surface area contributed by atoms with Crippen molar-refractivity contribution < 1.29 is 0 Å². The summed E-state index contributed by atoms with van der Waals surface area (Å²) >= 11 is 0. The maximum atomic E-state index is 5.55. The molecule has 1 aromatic carbocycles. The molecule has 0 bridgehead atoms. The summed E-state index contributed by atoms with van der Waals surface area (Å²) < 4.78 is 0. The van der Waals surface area contributed by atoms with Crippen LogP contribution in [0, 0.1) is 20.8 Å². The molecule has 2 N–H and O–H groups in total. The number of fused-ring (bicyclic) bond motifs is 1. The molecule has 2 aromatic rings. The predicted molar refractivity (Wildman–Crippen MR) is 73.3 cm³/mol. The summed E-state index contributed by atoms with van der Waals surface area (Å²) in [5, 5.41) is 1.27. The van der Waals surface area contributed by atoms with Gasteiger partial charge in [0.25, 0.3) is 0 Å². The molecule has 0 radical (unpaired) electrons. The zero-order valence-corrected chi connectivity index (χ0v) is 10.9. The summed E-state index contributed by atoms with van der Waals surface area (Å²) in [6.45, 7) is 7.17. The van der Waals surface area contributed by atoms with Crippen LogP contribution in [0.2, 0.25) is 0 Å². The largest absolute Gasteiger partial charge is 0.330 e. The molecule has 0 aliphatic rings. The Hall–Kier alpha value is -1.41. The van der Waals surface area contributed by atoms with Gasteiger partial charge < -0.3 is 5.73 Å². The van der Waals surface area contributed by atoms with E-state index in [9.17, 15) is 0 Å². The standard InChI is InChI=1S/C15H20N2/c1-10-6-7-14-11(2)9-13(5-4-8-16)17-15(14)12(10)3/h6-7,9H,4-5,8,16H2,1-3H3. The highest BCUT2D eigenvalue weighted by atomic mass is 14.7. The molecule has 2 heteroatoms. The third-order valence-corrected chi connectivity index (χ3v) is 3.40. The molecule has 0 fully saturated rings. The summed E-state index contributed by atoms with van der Waals surface area (Å²) in [5.41, 5.74) is 11.8. The fourth-order valence-electron chi connectivity index (χ4n) is 2.18. The number of benzene rings is 1. The molecule has 0 atom stereocenters. The van der Waals surface area contributed by atoms with E-state index >= 15 is 0 Å². The first-order chi connectivity index (χ1) is 8.13. The van der Waals surface area contributed by atoms with Crippen molar-refractivity contribution in [2.24, 2.45) is 5.73 Å². The fraction of sp³-hybridized carbons (Fsp3) is 0.400. The predicted octanol–water partition coefficient (Wildman–Crippen LogP) is 3.05. The van der Waals surface area contributed by atoms with E-state index in [0.29, 0.717) is 0 Å². The first-order valence-electron chi connectivity index (χ1n) is 6.20. The van der Waals surface area contributed by atoms with Gasteiger partial charge in [-0.2, -0.15) is 0 Å². The van der Waals surface area contributed by atoms with Crippen LogP contribution in [0.3, 0.4) is 0 Å². The molecule has 0 spiro atoms. The number of aryl methyl sites for hydroxylation is 4. The van der Waals surface area contributed by atoms with Crippen molar-refractivity contribution in [1.82, 2.24) is 4.98 Å². The SMILES string of the molecule is Cc1ccc2c(C)cc(CCCN)nc2c1C. The van der Waals surface area contributed by atoms with Gasteiger partial charge in [0.1, 0.15) is 0 Å². The van der Waals surface area contributed by atoms with Crippen molar-refractivity contribution in [1.29, 1.82) is 0 Å².